The Kier molecular flexibility index (Phi) is 15.6. The minimum absolute atomic E-state index is 0.220. The second-order valence-electron chi connectivity index (χ2n) is 5.71. The molecule has 0 rings (SSSR count). The molecule has 0 fully saturated rings. The molecule has 1 radical (unpaired) electrons. The predicted octanol–water partition coefficient (Wildman–Crippen LogP) is 5.98. The van der Waals surface area contributed by atoms with E-state index >= 15 is 0 Å². The first-order valence-electron chi connectivity index (χ1n) is 8.62. The molecule has 0 aromatic heterocycles. The van der Waals surface area contributed by atoms with Crippen molar-refractivity contribution in [3.05, 3.63) is 12.2 Å². The van der Waals surface area contributed by atoms with Crippen LogP contribution < -0.4 is 0 Å². The lowest BCUT2D eigenvalue weighted by Crippen LogP contribution is -1.91. The summed E-state index contributed by atoms with van der Waals surface area (Å²) in [6, 6.07) is 0. The maximum absolute atomic E-state index is 10.2. The van der Waals surface area contributed by atoms with Crippen LogP contribution in [0.3, 0.4) is 0 Å². The summed E-state index contributed by atoms with van der Waals surface area (Å²) in [7, 11) is 0. The Morgan fingerprint density at radius 1 is 0.700 bits per heavy atom. The number of hydrogen-bond donors (Lipinski definition) is 0. The molecule has 0 bridgehead atoms. The molecule has 0 N–H and O–H groups in total. The summed E-state index contributed by atoms with van der Waals surface area (Å²) < 4.78 is 0. The van der Waals surface area contributed by atoms with E-state index < -0.39 is 5.97 Å². The molecule has 2 nitrogen and oxygen atoms in total. The molecule has 0 saturated heterocycles. The fourth-order valence-electron chi connectivity index (χ4n) is 2.34. The van der Waals surface area contributed by atoms with Crippen molar-refractivity contribution >= 4 is 5.97 Å². The Hall–Kier alpha value is -0.790. The van der Waals surface area contributed by atoms with E-state index in [4.69, 9.17) is 0 Å². The zero-order valence-electron chi connectivity index (χ0n) is 13.4. The third kappa shape index (κ3) is 17.2. The molecular weight excluding hydrogens is 248 g/mol. The van der Waals surface area contributed by atoms with E-state index in [0.29, 0.717) is 0 Å². The number of hydrogen-bond acceptors (Lipinski definition) is 1. The van der Waals surface area contributed by atoms with Crippen molar-refractivity contribution < 1.29 is 9.90 Å². The second kappa shape index (κ2) is 16.3. The third-order valence-electron chi connectivity index (χ3n) is 3.64. The quantitative estimate of drug-likeness (QED) is 0.268. The summed E-state index contributed by atoms with van der Waals surface area (Å²) in [6.45, 7) is 2.26. The molecule has 0 amide bonds. The summed E-state index contributed by atoms with van der Waals surface area (Å²) in [6.07, 6.45) is 20.9. The highest BCUT2D eigenvalue weighted by molar-refractivity contribution is 5.66. The second-order valence-corrected chi connectivity index (χ2v) is 5.71. The fraction of sp³-hybridized carbons (Fsp3) is 0.833. The van der Waals surface area contributed by atoms with Gasteiger partial charge < -0.3 is 0 Å². The molecule has 0 spiro atoms. The van der Waals surface area contributed by atoms with Gasteiger partial charge >= 0.3 is 5.97 Å². The molecule has 0 aliphatic rings. The predicted molar refractivity (Wildman–Crippen MR) is 85.1 cm³/mol. The van der Waals surface area contributed by atoms with E-state index in [0.717, 1.165) is 19.3 Å². The van der Waals surface area contributed by atoms with Gasteiger partial charge in [-0.1, -0.05) is 70.4 Å². The Balaban J connectivity index is 3.07. The van der Waals surface area contributed by atoms with Gasteiger partial charge in [-0.3, -0.25) is 0 Å². The highest BCUT2D eigenvalue weighted by Gasteiger charge is 1.98. The zero-order chi connectivity index (χ0) is 14.9. The number of unbranched alkanes of at least 4 members (excludes halogenated alkanes) is 11. The van der Waals surface area contributed by atoms with Crippen LogP contribution in [0.1, 0.15) is 96.8 Å². The van der Waals surface area contributed by atoms with Gasteiger partial charge in [0.15, 0.2) is 0 Å². The molecule has 20 heavy (non-hydrogen) atoms. The first-order valence-corrected chi connectivity index (χ1v) is 8.62. The van der Waals surface area contributed by atoms with E-state index in [-0.39, 0.29) is 6.42 Å². The van der Waals surface area contributed by atoms with Crippen LogP contribution in [0.4, 0.5) is 0 Å². The lowest BCUT2D eigenvalue weighted by molar-refractivity contribution is -0.143. The standard InChI is InChI=1S/C18H33O2/c1-2-3-4-5-6-7-8-9-10-11-12-13-14-15-16-17-18(19)20/h9-10H,2-8,11-17H2,1H3/b10-9+. The maximum Gasteiger partial charge on any atom is 0.355 e. The Morgan fingerprint density at radius 2 is 1.15 bits per heavy atom. The molecule has 0 aliphatic carbocycles. The molecular formula is C18H33O2. The molecule has 0 aromatic rings. The van der Waals surface area contributed by atoms with Gasteiger partial charge in [0.1, 0.15) is 0 Å². The molecule has 2 heteroatoms. The average molecular weight is 281 g/mol. The minimum Gasteiger partial charge on any atom is -0.247 e. The van der Waals surface area contributed by atoms with Gasteiger partial charge in [0.05, 0.1) is 6.42 Å². The van der Waals surface area contributed by atoms with Gasteiger partial charge in [-0.15, -0.1) is 0 Å². The van der Waals surface area contributed by atoms with Crippen molar-refractivity contribution in [2.75, 3.05) is 0 Å². The van der Waals surface area contributed by atoms with Crippen LogP contribution in [-0.2, 0) is 9.90 Å². The Bertz CT molecular complexity index is 234. The summed E-state index contributed by atoms with van der Waals surface area (Å²) in [5, 5.41) is 10.2. The third-order valence-corrected chi connectivity index (χ3v) is 3.64. The zero-order valence-corrected chi connectivity index (χ0v) is 13.4. The average Bonchev–Trinajstić information content (AvgIpc) is 2.43. The van der Waals surface area contributed by atoms with Crippen LogP contribution in [0, 0.1) is 0 Å². The largest absolute Gasteiger partial charge is 0.355 e. The van der Waals surface area contributed by atoms with Crippen LogP contribution in [0.25, 0.3) is 0 Å². The number of allylic oxidation sites excluding steroid dienone is 2. The van der Waals surface area contributed by atoms with Gasteiger partial charge in [0, 0.05) is 0 Å². The van der Waals surface area contributed by atoms with Crippen molar-refractivity contribution in [2.24, 2.45) is 0 Å². The van der Waals surface area contributed by atoms with E-state index in [2.05, 4.69) is 19.1 Å². The lowest BCUT2D eigenvalue weighted by atomic mass is 10.1. The minimum atomic E-state index is -0.914. The van der Waals surface area contributed by atoms with Crippen molar-refractivity contribution in [3.8, 4) is 0 Å². The summed E-state index contributed by atoms with van der Waals surface area (Å²) in [5.41, 5.74) is 0. The molecule has 0 aromatic carbocycles. The van der Waals surface area contributed by atoms with Crippen molar-refractivity contribution in [1.29, 1.82) is 0 Å². The highest BCUT2D eigenvalue weighted by Crippen LogP contribution is 2.09. The van der Waals surface area contributed by atoms with E-state index in [1.54, 1.807) is 0 Å². The van der Waals surface area contributed by atoms with Crippen LogP contribution in [0.15, 0.2) is 12.2 Å². The van der Waals surface area contributed by atoms with Crippen LogP contribution in [0.2, 0.25) is 0 Å². The van der Waals surface area contributed by atoms with Crippen LogP contribution in [-0.4, -0.2) is 5.97 Å². The molecule has 0 unspecified atom stereocenters. The fourth-order valence-corrected chi connectivity index (χ4v) is 2.34. The van der Waals surface area contributed by atoms with Gasteiger partial charge in [-0.05, 0) is 32.1 Å². The summed E-state index contributed by atoms with van der Waals surface area (Å²) in [4.78, 5) is 10.2. The van der Waals surface area contributed by atoms with Crippen molar-refractivity contribution in [1.82, 2.24) is 0 Å². The number of carbonyl (C=O) groups excluding carboxylic acids is 1. The molecule has 0 atom stereocenters. The molecule has 0 saturated carbocycles. The normalized spacial score (nSPS) is 11.2. The summed E-state index contributed by atoms with van der Waals surface area (Å²) >= 11 is 0. The molecule has 117 valence electrons. The number of carbonyl (C=O) groups is 1. The summed E-state index contributed by atoms with van der Waals surface area (Å²) in [5.74, 6) is -0.914. The maximum atomic E-state index is 10.2. The Labute approximate surface area is 125 Å². The van der Waals surface area contributed by atoms with Crippen LogP contribution >= 0.6 is 0 Å². The first kappa shape index (κ1) is 19.2. The van der Waals surface area contributed by atoms with E-state index in [1.165, 1.54) is 64.2 Å². The topological polar surface area (TPSA) is 37.0 Å². The van der Waals surface area contributed by atoms with E-state index in [9.17, 15) is 9.90 Å². The van der Waals surface area contributed by atoms with Gasteiger partial charge in [-0.25, -0.2) is 9.90 Å². The van der Waals surface area contributed by atoms with Crippen LogP contribution in [0.5, 0.6) is 0 Å². The SMILES string of the molecule is CCCCCCCC/C=C/CCCCCCCC([O])=O. The number of rotatable bonds is 15. The smallest absolute Gasteiger partial charge is 0.247 e. The lowest BCUT2D eigenvalue weighted by Gasteiger charge is -1.99. The van der Waals surface area contributed by atoms with Crippen molar-refractivity contribution in [3.63, 3.8) is 0 Å². The first-order chi connectivity index (χ1) is 9.77. The van der Waals surface area contributed by atoms with Gasteiger partial charge in [0.25, 0.3) is 0 Å². The van der Waals surface area contributed by atoms with Gasteiger partial charge in [-0.2, -0.15) is 0 Å². The highest BCUT2D eigenvalue weighted by atomic mass is 16.4. The van der Waals surface area contributed by atoms with Crippen molar-refractivity contribution in [2.45, 2.75) is 96.8 Å². The van der Waals surface area contributed by atoms with E-state index in [1.807, 2.05) is 0 Å². The molecule has 0 aliphatic heterocycles. The van der Waals surface area contributed by atoms with Gasteiger partial charge in [0.2, 0.25) is 0 Å². The monoisotopic (exact) mass is 281 g/mol. The Morgan fingerprint density at radius 3 is 1.65 bits per heavy atom. The molecule has 0 heterocycles.